The Labute approximate surface area is 128 Å². The summed E-state index contributed by atoms with van der Waals surface area (Å²) in [7, 11) is -1.17. The lowest BCUT2D eigenvalue weighted by molar-refractivity contribution is 0.526. The van der Waals surface area contributed by atoms with E-state index in [9.17, 15) is 0 Å². The average Bonchev–Trinajstić information content (AvgIpc) is 2.93. The minimum Gasteiger partial charge on any atom is -0.305 e. The monoisotopic (exact) mass is 303 g/mol. The predicted molar refractivity (Wildman–Crippen MR) is 93.6 cm³/mol. The molecule has 0 aliphatic carbocycles. The largest absolute Gasteiger partial charge is 0.305 e. The third-order valence-electron chi connectivity index (χ3n) is 3.67. The molecule has 1 aromatic heterocycles. The Balaban J connectivity index is 1.97. The summed E-state index contributed by atoms with van der Waals surface area (Å²) in [5.74, 6) is 0. The number of hydrogen-bond acceptors (Lipinski definition) is 2. The van der Waals surface area contributed by atoms with Crippen molar-refractivity contribution in [1.29, 1.82) is 0 Å². The summed E-state index contributed by atoms with van der Waals surface area (Å²) in [5, 5.41) is 7.36. The Morgan fingerprint density at radius 3 is 2.30 bits per heavy atom. The van der Waals surface area contributed by atoms with Gasteiger partial charge in [0.1, 0.15) is 0 Å². The number of nitrogens with one attached hydrogen (secondary N) is 1. The second kappa shape index (κ2) is 6.70. The fourth-order valence-electron chi connectivity index (χ4n) is 2.30. The molecule has 1 atom stereocenters. The molecule has 0 aliphatic rings. The first-order valence-corrected chi connectivity index (χ1v) is 11.7. The highest BCUT2D eigenvalue weighted by Crippen LogP contribution is 2.22. The maximum atomic E-state index is 3.67. The standard InChI is InChI=1S/C17H25NSSi/c1-5-16(17-7-6-12-19-17)18-13-14-8-10-15(11-9-14)20(2,3)4/h6-12,16,18H,5,13H2,1-4H3. The van der Waals surface area contributed by atoms with E-state index in [2.05, 4.69) is 73.7 Å². The van der Waals surface area contributed by atoms with Crippen molar-refractivity contribution in [2.24, 2.45) is 0 Å². The van der Waals surface area contributed by atoms with E-state index in [1.54, 1.807) is 0 Å². The summed E-state index contributed by atoms with van der Waals surface area (Å²) in [6, 6.07) is 14.0. The Morgan fingerprint density at radius 2 is 1.80 bits per heavy atom. The molecule has 0 saturated carbocycles. The van der Waals surface area contributed by atoms with Crippen LogP contribution in [0.25, 0.3) is 0 Å². The lowest BCUT2D eigenvalue weighted by Gasteiger charge is -2.18. The lowest BCUT2D eigenvalue weighted by atomic mass is 10.1. The Hall–Kier alpha value is -0.903. The van der Waals surface area contributed by atoms with Gasteiger partial charge in [0, 0.05) is 17.5 Å². The molecule has 3 heteroatoms. The quantitative estimate of drug-likeness (QED) is 0.773. The van der Waals surface area contributed by atoms with Crippen LogP contribution >= 0.6 is 11.3 Å². The van der Waals surface area contributed by atoms with Crippen LogP contribution < -0.4 is 10.5 Å². The molecular weight excluding hydrogens is 278 g/mol. The van der Waals surface area contributed by atoms with Crippen molar-refractivity contribution in [2.45, 2.75) is 45.6 Å². The molecule has 0 bridgehead atoms. The molecular formula is C17H25NSSi. The van der Waals surface area contributed by atoms with Crippen molar-refractivity contribution >= 4 is 24.6 Å². The van der Waals surface area contributed by atoms with Crippen LogP contribution in [0.4, 0.5) is 0 Å². The van der Waals surface area contributed by atoms with E-state index in [-0.39, 0.29) is 0 Å². The highest BCUT2D eigenvalue weighted by atomic mass is 32.1. The van der Waals surface area contributed by atoms with E-state index < -0.39 is 8.07 Å². The molecule has 1 unspecified atom stereocenters. The highest BCUT2D eigenvalue weighted by Gasteiger charge is 2.15. The van der Waals surface area contributed by atoms with E-state index in [0.29, 0.717) is 6.04 Å². The lowest BCUT2D eigenvalue weighted by Crippen LogP contribution is -2.37. The maximum absolute atomic E-state index is 3.67. The van der Waals surface area contributed by atoms with Crippen LogP contribution in [-0.2, 0) is 6.54 Å². The maximum Gasteiger partial charge on any atom is 0.0775 e. The van der Waals surface area contributed by atoms with Gasteiger partial charge in [0.25, 0.3) is 0 Å². The number of rotatable bonds is 6. The fourth-order valence-corrected chi connectivity index (χ4v) is 4.35. The van der Waals surface area contributed by atoms with Crippen LogP contribution in [-0.4, -0.2) is 8.07 Å². The number of hydrogen-bond donors (Lipinski definition) is 1. The van der Waals surface area contributed by atoms with Gasteiger partial charge in [0.15, 0.2) is 0 Å². The average molecular weight is 304 g/mol. The zero-order valence-electron chi connectivity index (χ0n) is 12.9. The van der Waals surface area contributed by atoms with E-state index in [0.717, 1.165) is 13.0 Å². The van der Waals surface area contributed by atoms with Crippen molar-refractivity contribution in [1.82, 2.24) is 5.32 Å². The van der Waals surface area contributed by atoms with Gasteiger partial charge >= 0.3 is 0 Å². The Kier molecular flexibility index (Phi) is 5.19. The van der Waals surface area contributed by atoms with Gasteiger partial charge < -0.3 is 5.32 Å². The summed E-state index contributed by atoms with van der Waals surface area (Å²) in [6.45, 7) is 10.4. The third-order valence-corrected chi connectivity index (χ3v) is 6.72. The molecule has 1 heterocycles. The minimum atomic E-state index is -1.17. The van der Waals surface area contributed by atoms with Crippen LogP contribution in [0.2, 0.25) is 19.6 Å². The molecule has 0 amide bonds. The molecule has 0 spiro atoms. The molecule has 1 N–H and O–H groups in total. The predicted octanol–water partition coefficient (Wildman–Crippen LogP) is 4.53. The zero-order chi connectivity index (χ0) is 14.6. The van der Waals surface area contributed by atoms with Crippen LogP contribution in [0, 0.1) is 0 Å². The van der Waals surface area contributed by atoms with Gasteiger partial charge in [-0.05, 0) is 23.4 Å². The van der Waals surface area contributed by atoms with E-state index in [1.807, 2.05) is 11.3 Å². The van der Waals surface area contributed by atoms with Gasteiger partial charge in [0.2, 0.25) is 0 Å². The molecule has 0 saturated heterocycles. The van der Waals surface area contributed by atoms with E-state index >= 15 is 0 Å². The van der Waals surface area contributed by atoms with Crippen molar-refractivity contribution in [2.75, 3.05) is 0 Å². The first-order chi connectivity index (χ1) is 9.50. The zero-order valence-corrected chi connectivity index (χ0v) is 14.8. The molecule has 2 aromatic rings. The molecule has 1 aromatic carbocycles. The van der Waals surface area contributed by atoms with Crippen LogP contribution in [0.15, 0.2) is 41.8 Å². The van der Waals surface area contributed by atoms with Gasteiger partial charge in [-0.15, -0.1) is 11.3 Å². The summed E-state index contributed by atoms with van der Waals surface area (Å²) < 4.78 is 0. The van der Waals surface area contributed by atoms with Crippen LogP contribution in [0.3, 0.4) is 0 Å². The molecule has 1 nitrogen and oxygen atoms in total. The summed E-state index contributed by atoms with van der Waals surface area (Å²) >= 11 is 1.84. The van der Waals surface area contributed by atoms with Crippen molar-refractivity contribution in [3.05, 3.63) is 52.2 Å². The summed E-state index contributed by atoms with van der Waals surface area (Å²) in [6.07, 6.45) is 1.13. The first-order valence-electron chi connectivity index (χ1n) is 7.37. The van der Waals surface area contributed by atoms with Crippen LogP contribution in [0.1, 0.15) is 29.8 Å². The summed E-state index contributed by atoms with van der Waals surface area (Å²) in [5.41, 5.74) is 1.38. The normalized spacial score (nSPS) is 13.4. The van der Waals surface area contributed by atoms with Gasteiger partial charge in [-0.2, -0.15) is 0 Å². The molecule has 20 heavy (non-hydrogen) atoms. The molecule has 0 aliphatic heterocycles. The fraction of sp³-hybridized carbons (Fsp3) is 0.412. The molecule has 0 fully saturated rings. The van der Waals surface area contributed by atoms with E-state index in [4.69, 9.17) is 0 Å². The molecule has 108 valence electrons. The number of thiophene rings is 1. The second-order valence-corrected chi connectivity index (χ2v) is 12.4. The van der Waals surface area contributed by atoms with Crippen molar-refractivity contribution in [3.8, 4) is 0 Å². The topological polar surface area (TPSA) is 12.0 Å². The molecule has 2 rings (SSSR count). The van der Waals surface area contributed by atoms with Crippen molar-refractivity contribution in [3.63, 3.8) is 0 Å². The smallest absolute Gasteiger partial charge is 0.0775 e. The number of benzene rings is 1. The molecule has 0 radical (unpaired) electrons. The Morgan fingerprint density at radius 1 is 1.10 bits per heavy atom. The van der Waals surface area contributed by atoms with Gasteiger partial charge in [-0.25, -0.2) is 0 Å². The van der Waals surface area contributed by atoms with E-state index in [1.165, 1.54) is 15.6 Å². The van der Waals surface area contributed by atoms with Gasteiger partial charge in [-0.3, -0.25) is 0 Å². The van der Waals surface area contributed by atoms with Gasteiger partial charge in [0.05, 0.1) is 8.07 Å². The van der Waals surface area contributed by atoms with Gasteiger partial charge in [-0.1, -0.05) is 62.1 Å². The highest BCUT2D eigenvalue weighted by molar-refractivity contribution is 7.10. The minimum absolute atomic E-state index is 0.478. The Bertz CT molecular complexity index is 511. The summed E-state index contributed by atoms with van der Waals surface area (Å²) in [4.78, 5) is 1.44. The second-order valence-electron chi connectivity index (χ2n) is 6.30. The van der Waals surface area contributed by atoms with Crippen LogP contribution in [0.5, 0.6) is 0 Å². The SMILES string of the molecule is CCC(NCc1ccc([Si](C)(C)C)cc1)c1cccs1. The third kappa shape index (κ3) is 4.04. The first kappa shape index (κ1) is 15.5. The van der Waals surface area contributed by atoms with Crippen molar-refractivity contribution < 1.29 is 0 Å².